The van der Waals surface area contributed by atoms with Gasteiger partial charge >= 0.3 is 0 Å². The summed E-state index contributed by atoms with van der Waals surface area (Å²) in [5.41, 5.74) is 5.22. The van der Waals surface area contributed by atoms with Gasteiger partial charge in [-0.1, -0.05) is 42.8 Å². The number of nitrogens with one attached hydrogen (secondary N) is 1. The molecule has 0 aliphatic carbocycles. The molecular weight excluding hydrogens is 398 g/mol. The number of imidazole rings is 1. The second kappa shape index (κ2) is 11.5. The van der Waals surface area contributed by atoms with Crippen molar-refractivity contribution in [2.24, 2.45) is 0 Å². The average molecular weight is 434 g/mol. The molecule has 1 heterocycles. The summed E-state index contributed by atoms with van der Waals surface area (Å²) in [6.45, 7) is 11.8. The lowest BCUT2D eigenvalue weighted by Crippen LogP contribution is -2.24. The van der Waals surface area contributed by atoms with Crippen LogP contribution in [0.2, 0.25) is 0 Å². The first-order valence-electron chi connectivity index (χ1n) is 11.5. The predicted molar refractivity (Wildman–Crippen MR) is 131 cm³/mol. The molecule has 0 unspecified atom stereocenters. The molecule has 0 saturated heterocycles. The van der Waals surface area contributed by atoms with Gasteiger partial charge in [0.15, 0.2) is 0 Å². The third-order valence-electron chi connectivity index (χ3n) is 5.60. The number of unbranched alkanes of at least 4 members (excludes halogenated alkanes) is 2. The first kappa shape index (κ1) is 23.6. The van der Waals surface area contributed by atoms with Gasteiger partial charge in [0, 0.05) is 25.1 Å². The van der Waals surface area contributed by atoms with Gasteiger partial charge in [-0.15, -0.1) is 0 Å². The summed E-state index contributed by atoms with van der Waals surface area (Å²) in [7, 11) is 0. The highest BCUT2D eigenvalue weighted by atomic mass is 16.5. The molecule has 32 heavy (non-hydrogen) atoms. The summed E-state index contributed by atoms with van der Waals surface area (Å²) in [5.74, 6) is 2.03. The Labute approximate surface area is 191 Å². The highest BCUT2D eigenvalue weighted by Gasteiger charge is 2.10. The number of amides is 1. The molecule has 5 nitrogen and oxygen atoms in total. The van der Waals surface area contributed by atoms with Crippen LogP contribution in [0.5, 0.6) is 5.75 Å². The second-order valence-corrected chi connectivity index (χ2v) is 8.49. The summed E-state index contributed by atoms with van der Waals surface area (Å²) < 4.78 is 8.37. The van der Waals surface area contributed by atoms with Gasteiger partial charge in [-0.3, -0.25) is 4.79 Å². The molecule has 5 heteroatoms. The molecule has 0 aliphatic rings. The van der Waals surface area contributed by atoms with E-state index in [4.69, 9.17) is 9.72 Å². The van der Waals surface area contributed by atoms with E-state index >= 15 is 0 Å². The molecule has 3 rings (SSSR count). The van der Waals surface area contributed by atoms with E-state index in [0.29, 0.717) is 18.7 Å². The number of para-hydroxylation sites is 2. The van der Waals surface area contributed by atoms with Crippen LogP contribution in [0.15, 0.2) is 54.6 Å². The molecule has 1 amide bonds. The van der Waals surface area contributed by atoms with Crippen LogP contribution in [0.4, 0.5) is 0 Å². The maximum absolute atomic E-state index is 11.6. The Morgan fingerprint density at radius 2 is 1.91 bits per heavy atom. The van der Waals surface area contributed by atoms with Crippen molar-refractivity contribution < 1.29 is 9.53 Å². The number of hydrogen-bond acceptors (Lipinski definition) is 3. The number of aromatic nitrogens is 2. The molecule has 0 radical (unpaired) electrons. The van der Waals surface area contributed by atoms with Crippen molar-refractivity contribution in [3.8, 4) is 5.75 Å². The zero-order valence-corrected chi connectivity index (χ0v) is 19.6. The lowest BCUT2D eigenvalue weighted by molar-refractivity contribution is -0.117. The molecular formula is C27H35N3O2. The molecule has 0 bridgehead atoms. The Hall–Kier alpha value is -3.08. The molecule has 0 spiro atoms. The molecule has 0 atom stereocenters. The molecule has 0 saturated carbocycles. The number of carbonyl (C=O) groups excluding carboxylic acids is 1. The van der Waals surface area contributed by atoms with Crippen LogP contribution in [0.1, 0.15) is 49.6 Å². The number of nitrogens with zero attached hydrogens (tertiary/aromatic N) is 2. The van der Waals surface area contributed by atoms with Crippen molar-refractivity contribution in [1.29, 1.82) is 0 Å². The van der Waals surface area contributed by atoms with Crippen LogP contribution < -0.4 is 10.1 Å². The largest absolute Gasteiger partial charge is 0.493 e. The standard InChI is InChI=1S/C27H35N3O2/c1-20(2)27(31)28-16-9-5-6-13-26-29-23-11-7-8-12-24(23)30(26)17-10-18-32-25-15-14-21(3)19-22(25)4/h7-8,11-12,14-15,19H,1,5-6,9-10,13,16-18H2,2-4H3,(H,28,31). The SMILES string of the molecule is C=C(C)C(=O)NCCCCCc1nc2ccccc2n1CCCOc1ccc(C)cc1C. The van der Waals surface area contributed by atoms with E-state index < -0.39 is 0 Å². The maximum atomic E-state index is 11.6. The van der Waals surface area contributed by atoms with Crippen molar-refractivity contribution >= 4 is 16.9 Å². The first-order chi connectivity index (χ1) is 15.5. The number of aryl methyl sites for hydroxylation is 4. The molecule has 0 aliphatic heterocycles. The predicted octanol–water partition coefficient (Wildman–Crippen LogP) is 5.53. The van der Waals surface area contributed by atoms with Gasteiger partial charge in [0.05, 0.1) is 17.6 Å². The Kier molecular flexibility index (Phi) is 8.48. The van der Waals surface area contributed by atoms with E-state index in [9.17, 15) is 4.79 Å². The van der Waals surface area contributed by atoms with E-state index in [2.05, 4.69) is 66.7 Å². The van der Waals surface area contributed by atoms with E-state index in [1.165, 1.54) is 16.6 Å². The van der Waals surface area contributed by atoms with E-state index in [1.807, 2.05) is 6.07 Å². The molecule has 0 fully saturated rings. The number of fused-ring (bicyclic) bond motifs is 1. The number of rotatable bonds is 12. The van der Waals surface area contributed by atoms with Crippen molar-refractivity contribution in [3.05, 3.63) is 71.6 Å². The van der Waals surface area contributed by atoms with Crippen LogP contribution in [-0.2, 0) is 17.8 Å². The number of benzene rings is 2. The van der Waals surface area contributed by atoms with Gasteiger partial charge in [0.2, 0.25) is 5.91 Å². The molecule has 170 valence electrons. The van der Waals surface area contributed by atoms with E-state index in [1.54, 1.807) is 6.92 Å². The molecule has 1 aromatic heterocycles. The summed E-state index contributed by atoms with van der Waals surface area (Å²) in [5, 5.41) is 2.90. The Morgan fingerprint density at radius 1 is 1.09 bits per heavy atom. The third kappa shape index (κ3) is 6.46. The average Bonchev–Trinajstić information content (AvgIpc) is 3.12. The highest BCUT2D eigenvalue weighted by Crippen LogP contribution is 2.20. The van der Waals surface area contributed by atoms with Crippen LogP contribution in [-0.4, -0.2) is 28.6 Å². The molecule has 2 aromatic carbocycles. The fraction of sp³-hybridized carbons (Fsp3) is 0.407. The Bertz CT molecular complexity index is 1070. The highest BCUT2D eigenvalue weighted by molar-refractivity contribution is 5.92. The maximum Gasteiger partial charge on any atom is 0.246 e. The van der Waals surface area contributed by atoms with Crippen molar-refractivity contribution in [3.63, 3.8) is 0 Å². The normalized spacial score (nSPS) is 11.0. The summed E-state index contributed by atoms with van der Waals surface area (Å²) in [4.78, 5) is 16.4. The van der Waals surface area contributed by atoms with Crippen molar-refractivity contribution in [1.82, 2.24) is 14.9 Å². The third-order valence-corrected chi connectivity index (χ3v) is 5.60. The summed E-state index contributed by atoms with van der Waals surface area (Å²) in [6.07, 6.45) is 4.92. The number of ether oxygens (including phenoxy) is 1. The fourth-order valence-electron chi connectivity index (χ4n) is 3.87. The lowest BCUT2D eigenvalue weighted by Gasteiger charge is -2.12. The number of carbonyl (C=O) groups is 1. The fourth-order valence-corrected chi connectivity index (χ4v) is 3.87. The van der Waals surface area contributed by atoms with Crippen LogP contribution in [0.3, 0.4) is 0 Å². The van der Waals surface area contributed by atoms with Crippen LogP contribution in [0.25, 0.3) is 11.0 Å². The monoisotopic (exact) mass is 433 g/mol. The second-order valence-electron chi connectivity index (χ2n) is 8.49. The Balaban J connectivity index is 1.52. The summed E-state index contributed by atoms with van der Waals surface area (Å²) in [6, 6.07) is 14.6. The molecule has 3 aromatic rings. The van der Waals surface area contributed by atoms with Crippen LogP contribution in [0, 0.1) is 13.8 Å². The minimum atomic E-state index is -0.0603. The minimum Gasteiger partial charge on any atom is -0.493 e. The van der Waals surface area contributed by atoms with Gasteiger partial charge in [-0.25, -0.2) is 4.98 Å². The minimum absolute atomic E-state index is 0.0603. The Morgan fingerprint density at radius 3 is 2.69 bits per heavy atom. The van der Waals surface area contributed by atoms with Crippen molar-refractivity contribution in [2.75, 3.05) is 13.2 Å². The van der Waals surface area contributed by atoms with Crippen LogP contribution >= 0.6 is 0 Å². The molecule has 1 N–H and O–H groups in total. The van der Waals surface area contributed by atoms with Gasteiger partial charge in [0.1, 0.15) is 11.6 Å². The van der Waals surface area contributed by atoms with E-state index in [-0.39, 0.29) is 5.91 Å². The van der Waals surface area contributed by atoms with Gasteiger partial charge in [-0.05, 0) is 63.8 Å². The first-order valence-corrected chi connectivity index (χ1v) is 11.5. The zero-order chi connectivity index (χ0) is 22.9. The van der Waals surface area contributed by atoms with Crippen molar-refractivity contribution in [2.45, 2.75) is 59.4 Å². The zero-order valence-electron chi connectivity index (χ0n) is 19.6. The van der Waals surface area contributed by atoms with Gasteiger partial charge < -0.3 is 14.6 Å². The van der Waals surface area contributed by atoms with E-state index in [0.717, 1.165) is 55.7 Å². The topological polar surface area (TPSA) is 56.2 Å². The smallest absolute Gasteiger partial charge is 0.246 e. The quantitative estimate of drug-likeness (QED) is 0.302. The summed E-state index contributed by atoms with van der Waals surface area (Å²) >= 11 is 0. The van der Waals surface area contributed by atoms with Gasteiger partial charge in [0.25, 0.3) is 0 Å². The lowest BCUT2D eigenvalue weighted by atomic mass is 10.1. The number of hydrogen-bond donors (Lipinski definition) is 1. The van der Waals surface area contributed by atoms with Gasteiger partial charge in [-0.2, -0.15) is 0 Å².